The number of nitrogens with zero attached hydrogens (tertiary/aromatic N) is 2. The van der Waals surface area contributed by atoms with Crippen LogP contribution in [0.1, 0.15) is 46.8 Å². The van der Waals surface area contributed by atoms with Crippen molar-refractivity contribution in [2.75, 3.05) is 10.6 Å². The van der Waals surface area contributed by atoms with Gasteiger partial charge in [-0.25, -0.2) is 9.97 Å². The van der Waals surface area contributed by atoms with Crippen molar-refractivity contribution < 1.29 is 4.79 Å². The molecule has 3 rings (SSSR count). The van der Waals surface area contributed by atoms with Crippen LogP contribution in [0.25, 0.3) is 0 Å². The molecule has 2 aromatic carbocycles. The normalized spacial score (nSPS) is 10.7. The van der Waals surface area contributed by atoms with Crippen LogP contribution in [-0.2, 0) is 0 Å². The molecule has 1 heterocycles. The first-order valence-corrected chi connectivity index (χ1v) is 8.99. The van der Waals surface area contributed by atoms with Gasteiger partial charge in [-0.1, -0.05) is 32.0 Å². The SMILES string of the molecule is Cc1cc(C)cc(Nc2ncc(C(=O)Nc3ccc(C(C)C)cc3)cn2)c1. The number of aryl methyl sites for hydroxylation is 2. The molecular formula is C22H24N4O. The number of carbonyl (C=O) groups is 1. The zero-order valence-corrected chi connectivity index (χ0v) is 16.1. The molecule has 3 aromatic rings. The Labute approximate surface area is 159 Å². The quantitative estimate of drug-likeness (QED) is 0.655. The summed E-state index contributed by atoms with van der Waals surface area (Å²) in [6, 6.07) is 14.0. The largest absolute Gasteiger partial charge is 0.324 e. The number of amides is 1. The second kappa shape index (κ2) is 7.99. The Hall–Kier alpha value is -3.21. The van der Waals surface area contributed by atoms with E-state index in [0.29, 0.717) is 17.4 Å². The monoisotopic (exact) mass is 360 g/mol. The summed E-state index contributed by atoms with van der Waals surface area (Å²) in [7, 11) is 0. The number of carbonyl (C=O) groups excluding carboxylic acids is 1. The smallest absolute Gasteiger partial charge is 0.258 e. The van der Waals surface area contributed by atoms with Crippen molar-refractivity contribution in [3.05, 3.63) is 77.1 Å². The van der Waals surface area contributed by atoms with Crippen molar-refractivity contribution in [1.29, 1.82) is 0 Å². The van der Waals surface area contributed by atoms with Crippen molar-refractivity contribution in [3.63, 3.8) is 0 Å². The molecule has 0 saturated carbocycles. The third kappa shape index (κ3) is 4.91. The molecule has 1 aromatic heterocycles. The Morgan fingerprint density at radius 2 is 1.48 bits per heavy atom. The average molecular weight is 360 g/mol. The van der Waals surface area contributed by atoms with Crippen LogP contribution in [-0.4, -0.2) is 15.9 Å². The Morgan fingerprint density at radius 1 is 0.889 bits per heavy atom. The van der Waals surface area contributed by atoms with E-state index < -0.39 is 0 Å². The van der Waals surface area contributed by atoms with E-state index in [1.807, 2.05) is 50.2 Å². The molecule has 2 N–H and O–H groups in total. The Kier molecular flexibility index (Phi) is 5.50. The molecule has 0 radical (unpaired) electrons. The maximum atomic E-state index is 12.4. The van der Waals surface area contributed by atoms with Crippen molar-refractivity contribution in [1.82, 2.24) is 9.97 Å². The van der Waals surface area contributed by atoms with E-state index in [2.05, 4.69) is 40.5 Å². The van der Waals surface area contributed by atoms with Gasteiger partial charge in [-0.05, 0) is 60.7 Å². The number of anilines is 3. The molecule has 1 amide bonds. The van der Waals surface area contributed by atoms with Gasteiger partial charge in [0.1, 0.15) is 0 Å². The highest BCUT2D eigenvalue weighted by Gasteiger charge is 2.09. The van der Waals surface area contributed by atoms with E-state index in [-0.39, 0.29) is 5.91 Å². The van der Waals surface area contributed by atoms with Crippen LogP contribution in [0.2, 0.25) is 0 Å². The van der Waals surface area contributed by atoms with Gasteiger partial charge in [-0.15, -0.1) is 0 Å². The Morgan fingerprint density at radius 3 is 2.04 bits per heavy atom. The van der Waals surface area contributed by atoms with E-state index in [4.69, 9.17) is 0 Å². The van der Waals surface area contributed by atoms with E-state index in [9.17, 15) is 4.79 Å². The lowest BCUT2D eigenvalue weighted by Crippen LogP contribution is -2.13. The summed E-state index contributed by atoms with van der Waals surface area (Å²) in [5, 5.41) is 6.03. The minimum atomic E-state index is -0.231. The summed E-state index contributed by atoms with van der Waals surface area (Å²) in [5.74, 6) is 0.684. The molecule has 0 atom stereocenters. The number of nitrogens with one attached hydrogen (secondary N) is 2. The molecule has 0 spiro atoms. The Bertz CT molecular complexity index is 911. The second-order valence-corrected chi connectivity index (χ2v) is 7.03. The molecule has 0 fully saturated rings. The van der Waals surface area contributed by atoms with Gasteiger partial charge in [0.25, 0.3) is 5.91 Å². The van der Waals surface area contributed by atoms with Gasteiger partial charge >= 0.3 is 0 Å². The third-order valence-corrected chi connectivity index (χ3v) is 4.23. The van der Waals surface area contributed by atoms with Crippen molar-refractivity contribution in [2.24, 2.45) is 0 Å². The molecule has 0 aliphatic carbocycles. The number of aromatic nitrogens is 2. The highest BCUT2D eigenvalue weighted by atomic mass is 16.1. The van der Waals surface area contributed by atoms with Gasteiger partial charge in [0.2, 0.25) is 5.95 Å². The average Bonchev–Trinajstić information content (AvgIpc) is 2.62. The molecule has 5 nitrogen and oxygen atoms in total. The molecule has 5 heteroatoms. The standard InChI is InChI=1S/C22H24N4O/c1-14(2)17-5-7-19(8-6-17)25-21(27)18-12-23-22(24-13-18)26-20-10-15(3)9-16(4)11-20/h5-14H,1-4H3,(H,25,27)(H,23,24,26). The van der Waals surface area contributed by atoms with E-state index in [1.54, 1.807) is 0 Å². The minimum absolute atomic E-state index is 0.231. The summed E-state index contributed by atoms with van der Waals surface area (Å²) in [6.45, 7) is 8.36. The fourth-order valence-corrected chi connectivity index (χ4v) is 2.84. The molecule has 0 unspecified atom stereocenters. The molecule has 0 saturated heterocycles. The lowest BCUT2D eigenvalue weighted by Gasteiger charge is -2.09. The predicted molar refractivity (Wildman–Crippen MR) is 110 cm³/mol. The lowest BCUT2D eigenvalue weighted by molar-refractivity contribution is 0.102. The first-order chi connectivity index (χ1) is 12.9. The van der Waals surface area contributed by atoms with Gasteiger partial charge in [-0.3, -0.25) is 4.79 Å². The molecule has 0 bridgehead atoms. The number of benzene rings is 2. The number of hydrogen-bond acceptors (Lipinski definition) is 4. The van der Waals surface area contributed by atoms with Crippen molar-refractivity contribution >= 4 is 23.2 Å². The maximum absolute atomic E-state index is 12.4. The topological polar surface area (TPSA) is 66.9 Å². The van der Waals surface area contributed by atoms with Crippen LogP contribution in [0.5, 0.6) is 0 Å². The van der Waals surface area contributed by atoms with Gasteiger partial charge in [-0.2, -0.15) is 0 Å². The van der Waals surface area contributed by atoms with Crippen LogP contribution in [0.3, 0.4) is 0 Å². The van der Waals surface area contributed by atoms with Gasteiger partial charge in [0.15, 0.2) is 0 Å². The summed E-state index contributed by atoms with van der Waals surface area (Å²) >= 11 is 0. The molecule has 0 aliphatic rings. The number of hydrogen-bond donors (Lipinski definition) is 2. The zero-order chi connectivity index (χ0) is 19.4. The van der Waals surface area contributed by atoms with Gasteiger partial charge in [0.05, 0.1) is 5.56 Å². The molecular weight excluding hydrogens is 336 g/mol. The minimum Gasteiger partial charge on any atom is -0.324 e. The van der Waals surface area contributed by atoms with Crippen LogP contribution < -0.4 is 10.6 Å². The van der Waals surface area contributed by atoms with Crippen molar-refractivity contribution in [2.45, 2.75) is 33.6 Å². The van der Waals surface area contributed by atoms with E-state index >= 15 is 0 Å². The van der Waals surface area contributed by atoms with Gasteiger partial charge in [0, 0.05) is 23.8 Å². The zero-order valence-electron chi connectivity index (χ0n) is 16.1. The van der Waals surface area contributed by atoms with Gasteiger partial charge < -0.3 is 10.6 Å². The third-order valence-electron chi connectivity index (χ3n) is 4.23. The molecule has 27 heavy (non-hydrogen) atoms. The summed E-state index contributed by atoms with van der Waals surface area (Å²) in [5.41, 5.74) is 5.65. The maximum Gasteiger partial charge on any atom is 0.258 e. The van der Waals surface area contributed by atoms with Crippen LogP contribution in [0.4, 0.5) is 17.3 Å². The van der Waals surface area contributed by atoms with E-state index in [0.717, 1.165) is 22.5 Å². The van der Waals surface area contributed by atoms with Crippen LogP contribution in [0.15, 0.2) is 54.9 Å². The fourth-order valence-electron chi connectivity index (χ4n) is 2.84. The summed E-state index contributed by atoms with van der Waals surface area (Å²) in [4.78, 5) is 20.9. The molecule has 138 valence electrons. The lowest BCUT2D eigenvalue weighted by atomic mass is 10.0. The highest BCUT2D eigenvalue weighted by molar-refractivity contribution is 6.03. The first-order valence-electron chi connectivity index (χ1n) is 8.99. The van der Waals surface area contributed by atoms with Crippen LogP contribution >= 0.6 is 0 Å². The summed E-state index contributed by atoms with van der Waals surface area (Å²) < 4.78 is 0. The summed E-state index contributed by atoms with van der Waals surface area (Å²) in [6.07, 6.45) is 3.05. The predicted octanol–water partition coefficient (Wildman–Crippen LogP) is 5.21. The van der Waals surface area contributed by atoms with Crippen LogP contribution in [0, 0.1) is 13.8 Å². The fraction of sp³-hybridized carbons (Fsp3) is 0.227. The number of rotatable bonds is 5. The van der Waals surface area contributed by atoms with Crippen molar-refractivity contribution in [3.8, 4) is 0 Å². The second-order valence-electron chi connectivity index (χ2n) is 7.03. The molecule has 0 aliphatic heterocycles. The highest BCUT2D eigenvalue weighted by Crippen LogP contribution is 2.19. The van der Waals surface area contributed by atoms with E-state index in [1.165, 1.54) is 18.0 Å². The first kappa shape index (κ1) is 18.6. The Balaban J connectivity index is 1.66.